The number of nitrogens with zero attached hydrogens (tertiary/aromatic N) is 5. The second kappa shape index (κ2) is 8.66. The van der Waals surface area contributed by atoms with Gasteiger partial charge in [-0.15, -0.1) is 0 Å². The number of piperidine rings is 1. The Kier molecular flexibility index (Phi) is 6.42. The molecule has 1 unspecified atom stereocenters. The van der Waals surface area contributed by atoms with E-state index in [2.05, 4.69) is 15.5 Å². The van der Waals surface area contributed by atoms with Crippen LogP contribution in [0, 0.1) is 19.8 Å². The van der Waals surface area contributed by atoms with Crippen molar-refractivity contribution in [3.05, 3.63) is 29.3 Å². The first-order valence-corrected chi connectivity index (χ1v) is 11.5. The van der Waals surface area contributed by atoms with E-state index in [1.807, 2.05) is 25.5 Å². The van der Waals surface area contributed by atoms with Crippen molar-refractivity contribution in [2.75, 3.05) is 13.1 Å². The van der Waals surface area contributed by atoms with Crippen LogP contribution in [0.15, 0.2) is 17.3 Å². The van der Waals surface area contributed by atoms with E-state index in [1.165, 1.54) is 4.31 Å². The van der Waals surface area contributed by atoms with Crippen LogP contribution in [-0.4, -0.2) is 51.3 Å². The summed E-state index contributed by atoms with van der Waals surface area (Å²) in [6.07, 6.45) is 4.68. The first-order chi connectivity index (χ1) is 13.8. The molecule has 0 aromatic carbocycles. The lowest BCUT2D eigenvalue weighted by Gasteiger charge is -2.31. The molecule has 3 heterocycles. The molecule has 2 aromatic rings. The van der Waals surface area contributed by atoms with Crippen molar-refractivity contribution < 1.29 is 13.2 Å². The van der Waals surface area contributed by atoms with Crippen molar-refractivity contribution in [3.8, 4) is 0 Å². The van der Waals surface area contributed by atoms with Crippen molar-refractivity contribution in [2.45, 2.75) is 65.1 Å². The largest absolute Gasteiger partial charge is 0.352 e. The van der Waals surface area contributed by atoms with Gasteiger partial charge in [-0.2, -0.15) is 14.5 Å². The zero-order chi connectivity index (χ0) is 21.2. The summed E-state index contributed by atoms with van der Waals surface area (Å²) in [6.45, 7) is 10.0. The summed E-state index contributed by atoms with van der Waals surface area (Å²) in [7, 11) is -3.67. The van der Waals surface area contributed by atoms with Gasteiger partial charge in [0.2, 0.25) is 15.9 Å². The van der Waals surface area contributed by atoms with Crippen LogP contribution in [0.3, 0.4) is 0 Å². The van der Waals surface area contributed by atoms with Gasteiger partial charge in [-0.25, -0.2) is 8.42 Å². The van der Waals surface area contributed by atoms with E-state index in [1.54, 1.807) is 24.0 Å². The number of rotatable bonds is 7. The van der Waals surface area contributed by atoms with Crippen LogP contribution in [0.1, 0.15) is 43.6 Å². The van der Waals surface area contributed by atoms with Crippen molar-refractivity contribution in [3.63, 3.8) is 0 Å². The van der Waals surface area contributed by atoms with Gasteiger partial charge in [-0.3, -0.25) is 14.2 Å². The monoisotopic (exact) mass is 422 g/mol. The molecule has 1 fully saturated rings. The predicted molar refractivity (Wildman–Crippen MR) is 109 cm³/mol. The Labute approximate surface area is 172 Å². The summed E-state index contributed by atoms with van der Waals surface area (Å²) in [5.41, 5.74) is 2.49. The maximum atomic E-state index is 13.1. The molecule has 3 rings (SSSR count). The summed E-state index contributed by atoms with van der Waals surface area (Å²) < 4.78 is 31.1. The molecule has 1 aliphatic heterocycles. The van der Waals surface area contributed by atoms with Crippen molar-refractivity contribution in [1.29, 1.82) is 0 Å². The smallest absolute Gasteiger partial charge is 0.246 e. The fourth-order valence-corrected chi connectivity index (χ4v) is 5.43. The average molecular weight is 423 g/mol. The Morgan fingerprint density at radius 1 is 1.28 bits per heavy atom. The lowest BCUT2D eigenvalue weighted by Crippen LogP contribution is -2.45. The number of sulfonamides is 1. The van der Waals surface area contributed by atoms with E-state index in [9.17, 15) is 13.2 Å². The molecule has 29 heavy (non-hydrogen) atoms. The molecule has 0 spiro atoms. The van der Waals surface area contributed by atoms with Gasteiger partial charge in [0.15, 0.2) is 0 Å². The van der Waals surface area contributed by atoms with Crippen molar-refractivity contribution in [1.82, 2.24) is 29.2 Å². The van der Waals surface area contributed by atoms with Crippen molar-refractivity contribution in [2.24, 2.45) is 5.92 Å². The van der Waals surface area contributed by atoms with E-state index in [4.69, 9.17) is 0 Å². The molecule has 10 heteroatoms. The molecule has 1 N–H and O–H groups in total. The Morgan fingerprint density at radius 2 is 2.03 bits per heavy atom. The average Bonchev–Trinajstić information content (AvgIpc) is 3.28. The Morgan fingerprint density at radius 3 is 2.66 bits per heavy atom. The summed E-state index contributed by atoms with van der Waals surface area (Å²) in [5, 5.41) is 11.5. The highest BCUT2D eigenvalue weighted by Crippen LogP contribution is 2.25. The van der Waals surface area contributed by atoms with Gasteiger partial charge in [0, 0.05) is 50.2 Å². The van der Waals surface area contributed by atoms with Gasteiger partial charge < -0.3 is 5.32 Å². The third-order valence-corrected chi connectivity index (χ3v) is 7.52. The summed E-state index contributed by atoms with van der Waals surface area (Å²) in [5.74, 6) is -0.476. The molecule has 1 amide bonds. The summed E-state index contributed by atoms with van der Waals surface area (Å²) in [4.78, 5) is 12.9. The lowest BCUT2D eigenvalue weighted by molar-refractivity contribution is -0.126. The van der Waals surface area contributed by atoms with Crippen LogP contribution >= 0.6 is 0 Å². The summed E-state index contributed by atoms with van der Waals surface area (Å²) >= 11 is 0. The number of aromatic nitrogens is 4. The minimum atomic E-state index is -3.67. The van der Waals surface area contributed by atoms with Gasteiger partial charge in [0.25, 0.3) is 0 Å². The molecule has 9 nitrogen and oxygen atoms in total. The van der Waals surface area contributed by atoms with E-state index < -0.39 is 10.0 Å². The highest BCUT2D eigenvalue weighted by molar-refractivity contribution is 7.89. The molecule has 0 bridgehead atoms. The highest BCUT2D eigenvalue weighted by Gasteiger charge is 2.35. The first-order valence-electron chi connectivity index (χ1n) is 10.1. The minimum absolute atomic E-state index is 0.116. The molecule has 1 saturated heterocycles. The van der Waals surface area contributed by atoms with Crippen LogP contribution in [0.25, 0.3) is 0 Å². The van der Waals surface area contributed by atoms with Gasteiger partial charge in [0.05, 0.1) is 17.8 Å². The number of aryl methyl sites for hydroxylation is 3. The van der Waals surface area contributed by atoms with Crippen LogP contribution in [-0.2, 0) is 34.5 Å². The van der Waals surface area contributed by atoms with Crippen LogP contribution < -0.4 is 5.32 Å². The fourth-order valence-electron chi connectivity index (χ4n) is 3.73. The number of hydrogen-bond acceptors (Lipinski definition) is 5. The predicted octanol–water partition coefficient (Wildman–Crippen LogP) is 1.45. The van der Waals surface area contributed by atoms with Gasteiger partial charge in [-0.1, -0.05) is 0 Å². The lowest BCUT2D eigenvalue weighted by atomic mass is 9.99. The third kappa shape index (κ3) is 4.37. The number of carbonyl (C=O) groups excluding carboxylic acids is 1. The van der Waals surface area contributed by atoms with E-state index in [-0.39, 0.29) is 23.3 Å². The molecule has 0 aliphatic carbocycles. The zero-order valence-corrected chi connectivity index (χ0v) is 18.4. The van der Waals surface area contributed by atoms with Crippen molar-refractivity contribution >= 4 is 15.9 Å². The van der Waals surface area contributed by atoms with E-state index >= 15 is 0 Å². The van der Waals surface area contributed by atoms with Gasteiger partial charge in [0.1, 0.15) is 4.90 Å². The van der Waals surface area contributed by atoms with Crippen LogP contribution in [0.2, 0.25) is 0 Å². The Balaban J connectivity index is 1.67. The number of nitrogens with one attached hydrogen (secondary N) is 1. The molecule has 2 aromatic heterocycles. The van der Waals surface area contributed by atoms with Crippen LogP contribution in [0.4, 0.5) is 0 Å². The highest BCUT2D eigenvalue weighted by atomic mass is 32.2. The maximum Gasteiger partial charge on any atom is 0.246 e. The minimum Gasteiger partial charge on any atom is -0.352 e. The molecular weight excluding hydrogens is 392 g/mol. The Hall–Kier alpha value is -2.20. The Bertz CT molecular complexity index is 978. The van der Waals surface area contributed by atoms with E-state index in [0.29, 0.717) is 38.2 Å². The first kappa shape index (κ1) is 21.5. The molecule has 1 atom stereocenters. The quantitative estimate of drug-likeness (QED) is 0.728. The number of carbonyl (C=O) groups is 1. The molecule has 160 valence electrons. The summed E-state index contributed by atoms with van der Waals surface area (Å²) in [6, 6.07) is 0. The SMILES string of the molecule is CCn1cc(S(=O)(=O)N2CCCC(C(=O)NCc3cnn(CC)c3C)C2)c(C)n1. The maximum absolute atomic E-state index is 13.1. The number of amides is 1. The topological polar surface area (TPSA) is 102 Å². The molecular formula is C19H30N6O3S. The second-order valence-corrected chi connectivity index (χ2v) is 9.33. The van der Waals surface area contributed by atoms with Crippen LogP contribution in [0.5, 0.6) is 0 Å². The van der Waals surface area contributed by atoms with Gasteiger partial charge in [-0.05, 0) is 40.5 Å². The third-order valence-electron chi connectivity index (χ3n) is 5.56. The second-order valence-electron chi connectivity index (χ2n) is 7.43. The molecule has 0 radical (unpaired) electrons. The zero-order valence-electron chi connectivity index (χ0n) is 17.6. The van der Waals surface area contributed by atoms with Gasteiger partial charge >= 0.3 is 0 Å². The standard InChI is InChI=1S/C19H30N6O3S/c1-5-23-13-18(14(3)22-23)29(27,28)24-9-7-8-16(12-24)19(26)20-10-17-11-21-25(6-2)15(17)4/h11,13,16H,5-10,12H2,1-4H3,(H,20,26). The normalized spacial score (nSPS) is 18.1. The van der Waals surface area contributed by atoms with E-state index in [0.717, 1.165) is 17.8 Å². The number of hydrogen-bond donors (Lipinski definition) is 1. The molecule has 1 aliphatic rings. The fraction of sp³-hybridized carbons (Fsp3) is 0.632. The molecule has 0 saturated carbocycles.